The molecule has 0 bridgehead atoms. The van der Waals surface area contributed by atoms with Crippen molar-refractivity contribution in [2.24, 2.45) is 0 Å². The van der Waals surface area contributed by atoms with E-state index in [-0.39, 0.29) is 11.8 Å². The summed E-state index contributed by atoms with van der Waals surface area (Å²) >= 11 is 0. The van der Waals surface area contributed by atoms with Gasteiger partial charge in [0.1, 0.15) is 0 Å². The van der Waals surface area contributed by atoms with Gasteiger partial charge in [0.25, 0.3) is 0 Å². The maximum atomic E-state index is 11.5. The number of nitrogens with zero attached hydrogens (tertiary/aromatic N) is 1. The van der Waals surface area contributed by atoms with Crippen LogP contribution >= 0.6 is 0 Å². The zero-order valence-electron chi connectivity index (χ0n) is 10.3. The fourth-order valence-electron chi connectivity index (χ4n) is 1.80. The summed E-state index contributed by atoms with van der Waals surface area (Å²) in [5.74, 6) is -0.136. The van der Waals surface area contributed by atoms with Gasteiger partial charge >= 0.3 is 6.03 Å². The fourth-order valence-corrected chi connectivity index (χ4v) is 2.69. The highest BCUT2D eigenvalue weighted by Gasteiger charge is 2.20. The van der Waals surface area contributed by atoms with Crippen LogP contribution < -0.4 is 14.9 Å². The van der Waals surface area contributed by atoms with Crippen LogP contribution in [-0.4, -0.2) is 33.3 Å². The summed E-state index contributed by atoms with van der Waals surface area (Å²) in [5.41, 5.74) is 1.20. The second-order valence-corrected chi connectivity index (χ2v) is 5.87. The number of anilines is 2. The Morgan fingerprint density at radius 1 is 1.37 bits per heavy atom. The quantitative estimate of drug-likeness (QED) is 0.794. The second kappa shape index (κ2) is 5.31. The molecule has 102 valence electrons. The molecule has 1 aromatic carbocycles. The van der Waals surface area contributed by atoms with Crippen LogP contribution in [0.2, 0.25) is 0 Å². The molecule has 1 aliphatic rings. The van der Waals surface area contributed by atoms with E-state index in [2.05, 4.69) is 16.6 Å². The first-order valence-electron chi connectivity index (χ1n) is 5.79. The molecule has 0 spiro atoms. The number of benzene rings is 1. The lowest BCUT2D eigenvalue weighted by Crippen LogP contribution is -2.27. The molecule has 1 saturated heterocycles. The summed E-state index contributed by atoms with van der Waals surface area (Å²) in [7, 11) is -3.39. The van der Waals surface area contributed by atoms with Gasteiger partial charge in [0.05, 0.1) is 5.75 Å². The van der Waals surface area contributed by atoms with Gasteiger partial charge in [-0.1, -0.05) is 6.08 Å². The Labute approximate surface area is 112 Å². The Kier molecular flexibility index (Phi) is 3.75. The number of nitrogens with one attached hydrogen (secondary N) is 2. The van der Waals surface area contributed by atoms with Crippen molar-refractivity contribution >= 4 is 27.4 Å². The number of hydrogen-bond acceptors (Lipinski definition) is 3. The van der Waals surface area contributed by atoms with Gasteiger partial charge in [-0.15, -0.1) is 6.58 Å². The summed E-state index contributed by atoms with van der Waals surface area (Å²) in [6.45, 7) is 4.62. The zero-order chi connectivity index (χ0) is 13.9. The molecule has 19 heavy (non-hydrogen) atoms. The van der Waals surface area contributed by atoms with Crippen LogP contribution in [-0.2, 0) is 10.0 Å². The Bertz CT molecular complexity index is 581. The lowest BCUT2D eigenvalue weighted by atomic mass is 10.2. The fraction of sp³-hybridized carbons (Fsp3) is 0.250. The van der Waals surface area contributed by atoms with E-state index < -0.39 is 10.0 Å². The minimum atomic E-state index is -3.39. The van der Waals surface area contributed by atoms with E-state index in [0.717, 1.165) is 5.69 Å². The van der Waals surface area contributed by atoms with E-state index >= 15 is 0 Å². The topological polar surface area (TPSA) is 78.5 Å². The predicted molar refractivity (Wildman–Crippen MR) is 74.8 cm³/mol. The van der Waals surface area contributed by atoms with Crippen LogP contribution in [0.15, 0.2) is 36.9 Å². The molecule has 0 atom stereocenters. The number of amides is 2. The maximum absolute atomic E-state index is 11.5. The normalized spacial score (nSPS) is 15.2. The minimum Gasteiger partial charge on any atom is -0.336 e. The molecular weight excluding hydrogens is 266 g/mol. The van der Waals surface area contributed by atoms with Crippen LogP contribution in [0.25, 0.3) is 0 Å². The summed E-state index contributed by atoms with van der Waals surface area (Å²) < 4.78 is 25.5. The van der Waals surface area contributed by atoms with E-state index in [4.69, 9.17) is 0 Å². The first-order chi connectivity index (χ1) is 9.02. The van der Waals surface area contributed by atoms with Gasteiger partial charge in [-0.25, -0.2) is 13.2 Å². The van der Waals surface area contributed by atoms with Gasteiger partial charge in [0.15, 0.2) is 0 Å². The zero-order valence-corrected chi connectivity index (χ0v) is 11.1. The Hall–Kier alpha value is -2.02. The van der Waals surface area contributed by atoms with Gasteiger partial charge < -0.3 is 5.32 Å². The molecule has 1 aliphatic heterocycles. The summed E-state index contributed by atoms with van der Waals surface area (Å²) in [4.78, 5) is 13.1. The number of urea groups is 1. The molecule has 0 unspecified atom stereocenters. The first kappa shape index (κ1) is 13.4. The predicted octanol–water partition coefficient (Wildman–Crippen LogP) is 1.14. The van der Waals surface area contributed by atoms with Gasteiger partial charge in [-0.05, 0) is 24.3 Å². The molecule has 1 aromatic rings. The molecule has 1 fully saturated rings. The molecule has 0 saturated carbocycles. The first-order valence-corrected chi connectivity index (χ1v) is 7.44. The van der Waals surface area contributed by atoms with Crippen LogP contribution in [0.4, 0.5) is 16.2 Å². The number of sulfonamides is 1. The van der Waals surface area contributed by atoms with Crippen molar-refractivity contribution in [2.45, 2.75) is 0 Å². The van der Waals surface area contributed by atoms with Gasteiger partial charge in [0, 0.05) is 24.5 Å². The summed E-state index contributed by atoms with van der Waals surface area (Å²) in [6, 6.07) is 6.52. The third-order valence-electron chi connectivity index (χ3n) is 2.65. The molecule has 0 aliphatic carbocycles. The third-order valence-corrected chi connectivity index (χ3v) is 3.87. The van der Waals surface area contributed by atoms with Crippen LogP contribution in [0.5, 0.6) is 0 Å². The van der Waals surface area contributed by atoms with Crippen LogP contribution in [0.1, 0.15) is 0 Å². The average Bonchev–Trinajstić information content (AvgIpc) is 2.76. The van der Waals surface area contributed by atoms with Crippen molar-refractivity contribution in [3.05, 3.63) is 36.9 Å². The van der Waals surface area contributed by atoms with Crippen molar-refractivity contribution in [1.29, 1.82) is 0 Å². The van der Waals surface area contributed by atoms with Crippen molar-refractivity contribution in [1.82, 2.24) is 5.32 Å². The number of carbonyl (C=O) groups is 1. The Morgan fingerprint density at radius 2 is 2.05 bits per heavy atom. The number of carbonyl (C=O) groups excluding carboxylic acids is 1. The lowest BCUT2D eigenvalue weighted by molar-refractivity contribution is 0.252. The van der Waals surface area contributed by atoms with Crippen LogP contribution in [0.3, 0.4) is 0 Å². The minimum absolute atomic E-state index is 0.136. The molecule has 2 N–H and O–H groups in total. The molecule has 7 heteroatoms. The Balaban J connectivity index is 2.10. The van der Waals surface area contributed by atoms with Gasteiger partial charge in [-0.2, -0.15) is 0 Å². The largest absolute Gasteiger partial charge is 0.336 e. The Morgan fingerprint density at radius 3 is 2.58 bits per heavy atom. The molecule has 2 amide bonds. The molecular formula is C12H15N3O3S. The summed E-state index contributed by atoms with van der Waals surface area (Å²) in [6.07, 6.45) is 1.32. The molecule has 6 nitrogen and oxygen atoms in total. The van der Waals surface area contributed by atoms with E-state index in [0.29, 0.717) is 18.8 Å². The third kappa shape index (κ3) is 3.25. The van der Waals surface area contributed by atoms with E-state index in [1.807, 2.05) is 0 Å². The van der Waals surface area contributed by atoms with Crippen LogP contribution in [0, 0.1) is 0 Å². The van der Waals surface area contributed by atoms with E-state index in [1.54, 1.807) is 29.2 Å². The highest BCUT2D eigenvalue weighted by Crippen LogP contribution is 2.20. The van der Waals surface area contributed by atoms with Crippen molar-refractivity contribution in [3.63, 3.8) is 0 Å². The van der Waals surface area contributed by atoms with E-state index in [9.17, 15) is 13.2 Å². The highest BCUT2D eigenvalue weighted by atomic mass is 32.2. The number of hydrogen-bond donors (Lipinski definition) is 2. The monoisotopic (exact) mass is 281 g/mol. The van der Waals surface area contributed by atoms with Crippen molar-refractivity contribution in [2.75, 3.05) is 28.5 Å². The SMILES string of the molecule is C=CCS(=O)(=O)Nc1ccc(N2CCNC2=O)cc1. The molecule has 2 rings (SSSR count). The molecule has 0 aromatic heterocycles. The van der Waals surface area contributed by atoms with Crippen molar-refractivity contribution < 1.29 is 13.2 Å². The average molecular weight is 281 g/mol. The summed E-state index contributed by atoms with van der Waals surface area (Å²) in [5, 5.41) is 2.70. The second-order valence-electron chi connectivity index (χ2n) is 4.10. The van der Waals surface area contributed by atoms with Gasteiger partial charge in [0.2, 0.25) is 10.0 Å². The maximum Gasteiger partial charge on any atom is 0.321 e. The number of rotatable bonds is 5. The van der Waals surface area contributed by atoms with Gasteiger partial charge in [-0.3, -0.25) is 9.62 Å². The lowest BCUT2D eigenvalue weighted by Gasteiger charge is -2.14. The smallest absolute Gasteiger partial charge is 0.321 e. The van der Waals surface area contributed by atoms with E-state index in [1.165, 1.54) is 6.08 Å². The van der Waals surface area contributed by atoms with Crippen molar-refractivity contribution in [3.8, 4) is 0 Å². The standard InChI is InChI=1S/C12H15N3O3S/c1-2-9-19(17,18)14-10-3-5-11(6-4-10)15-8-7-13-12(15)16/h2-6,14H,1,7-9H2,(H,13,16). The molecule has 1 heterocycles. The molecule has 0 radical (unpaired) electrons. The highest BCUT2D eigenvalue weighted by molar-refractivity contribution is 7.92.